The summed E-state index contributed by atoms with van der Waals surface area (Å²) in [5.41, 5.74) is 1.35. The monoisotopic (exact) mass is 245 g/mol. The Bertz CT molecular complexity index is 396. The molecule has 0 spiro atoms. The predicted molar refractivity (Wildman–Crippen MR) is 74.7 cm³/mol. The summed E-state index contributed by atoms with van der Waals surface area (Å²) in [4.78, 5) is 7.14. The van der Waals surface area contributed by atoms with E-state index >= 15 is 0 Å². The molecule has 2 aliphatic rings. The zero-order chi connectivity index (χ0) is 12.4. The number of rotatable bonds is 7. The fourth-order valence-corrected chi connectivity index (χ4v) is 2.39. The standard InChI is InChI=1S/C15H23N3/c1-2-16-10-13-7-8-17-15(9-13)18(14-5-6-14)11-12-3-4-12/h7-9,12,14,16H,2-6,10-11H2,1H3. The Morgan fingerprint density at radius 2 is 2.17 bits per heavy atom. The first-order chi connectivity index (χ1) is 8.86. The molecule has 1 aromatic rings. The highest BCUT2D eigenvalue weighted by Gasteiger charge is 2.34. The second-order valence-electron chi connectivity index (χ2n) is 5.63. The van der Waals surface area contributed by atoms with Crippen LogP contribution in [-0.4, -0.2) is 24.1 Å². The molecule has 0 bridgehead atoms. The number of nitrogens with zero attached hydrogens (tertiary/aromatic N) is 2. The maximum absolute atomic E-state index is 4.59. The fraction of sp³-hybridized carbons (Fsp3) is 0.667. The average molecular weight is 245 g/mol. The summed E-state index contributed by atoms with van der Waals surface area (Å²) >= 11 is 0. The van der Waals surface area contributed by atoms with Crippen molar-refractivity contribution in [2.24, 2.45) is 5.92 Å². The molecule has 3 heteroatoms. The highest BCUT2D eigenvalue weighted by molar-refractivity contribution is 5.44. The minimum Gasteiger partial charge on any atom is -0.353 e. The lowest BCUT2D eigenvalue weighted by atomic mass is 10.2. The van der Waals surface area contributed by atoms with Gasteiger partial charge in [-0.1, -0.05) is 6.92 Å². The van der Waals surface area contributed by atoms with Gasteiger partial charge in [-0.3, -0.25) is 0 Å². The molecule has 0 saturated heterocycles. The number of pyridine rings is 1. The summed E-state index contributed by atoms with van der Waals surface area (Å²) < 4.78 is 0. The van der Waals surface area contributed by atoms with Gasteiger partial charge in [-0.05, 0) is 55.8 Å². The normalized spacial score (nSPS) is 18.9. The van der Waals surface area contributed by atoms with Crippen LogP contribution in [0, 0.1) is 5.92 Å². The average Bonchev–Trinajstić information content (AvgIpc) is 3.27. The van der Waals surface area contributed by atoms with Gasteiger partial charge in [0.05, 0.1) is 0 Å². The number of anilines is 1. The van der Waals surface area contributed by atoms with Gasteiger partial charge in [0, 0.05) is 25.3 Å². The van der Waals surface area contributed by atoms with E-state index in [1.807, 2.05) is 6.20 Å². The molecule has 1 N–H and O–H groups in total. The molecule has 1 aromatic heterocycles. The third-order valence-electron chi connectivity index (χ3n) is 3.82. The lowest BCUT2D eigenvalue weighted by Gasteiger charge is -2.24. The molecule has 0 aromatic carbocycles. The van der Waals surface area contributed by atoms with Crippen molar-refractivity contribution in [3.8, 4) is 0 Å². The Labute approximate surface area is 110 Å². The zero-order valence-electron chi connectivity index (χ0n) is 11.2. The molecule has 0 unspecified atom stereocenters. The Kier molecular flexibility index (Phi) is 3.50. The van der Waals surface area contributed by atoms with Crippen molar-refractivity contribution in [1.29, 1.82) is 0 Å². The van der Waals surface area contributed by atoms with Crippen molar-refractivity contribution in [1.82, 2.24) is 10.3 Å². The van der Waals surface area contributed by atoms with Crippen LogP contribution >= 0.6 is 0 Å². The van der Waals surface area contributed by atoms with Gasteiger partial charge in [-0.2, -0.15) is 0 Å². The van der Waals surface area contributed by atoms with Gasteiger partial charge in [-0.15, -0.1) is 0 Å². The Morgan fingerprint density at radius 3 is 2.83 bits per heavy atom. The molecule has 1 heterocycles. The van der Waals surface area contributed by atoms with Crippen molar-refractivity contribution < 1.29 is 0 Å². The van der Waals surface area contributed by atoms with Gasteiger partial charge in [0.15, 0.2) is 0 Å². The summed E-state index contributed by atoms with van der Waals surface area (Å²) in [6.07, 6.45) is 7.50. The molecule has 0 amide bonds. The van der Waals surface area contributed by atoms with E-state index in [1.165, 1.54) is 43.6 Å². The summed E-state index contributed by atoms with van der Waals surface area (Å²) in [6.45, 7) is 5.34. The topological polar surface area (TPSA) is 28.2 Å². The Morgan fingerprint density at radius 1 is 1.33 bits per heavy atom. The molecule has 18 heavy (non-hydrogen) atoms. The Hall–Kier alpha value is -1.09. The fourth-order valence-electron chi connectivity index (χ4n) is 2.39. The van der Waals surface area contributed by atoms with Gasteiger partial charge < -0.3 is 10.2 Å². The summed E-state index contributed by atoms with van der Waals surface area (Å²) in [5, 5.41) is 3.38. The lowest BCUT2D eigenvalue weighted by molar-refractivity contribution is 0.702. The molecule has 98 valence electrons. The van der Waals surface area contributed by atoms with E-state index in [0.29, 0.717) is 0 Å². The minimum absolute atomic E-state index is 0.771. The van der Waals surface area contributed by atoms with E-state index in [1.54, 1.807) is 0 Å². The van der Waals surface area contributed by atoms with E-state index < -0.39 is 0 Å². The number of aromatic nitrogens is 1. The molecule has 0 aliphatic heterocycles. The zero-order valence-corrected chi connectivity index (χ0v) is 11.2. The molecular formula is C15H23N3. The molecule has 0 atom stereocenters. The van der Waals surface area contributed by atoms with E-state index in [2.05, 4.69) is 34.3 Å². The smallest absolute Gasteiger partial charge is 0.129 e. The van der Waals surface area contributed by atoms with Crippen LogP contribution in [0.2, 0.25) is 0 Å². The van der Waals surface area contributed by atoms with Crippen LogP contribution in [-0.2, 0) is 6.54 Å². The molecule has 3 nitrogen and oxygen atoms in total. The summed E-state index contributed by atoms with van der Waals surface area (Å²) in [7, 11) is 0. The molecule has 2 aliphatic carbocycles. The van der Waals surface area contributed by atoms with Crippen molar-refractivity contribution in [3.05, 3.63) is 23.9 Å². The predicted octanol–water partition coefficient (Wildman–Crippen LogP) is 2.57. The number of hydrogen-bond donors (Lipinski definition) is 1. The van der Waals surface area contributed by atoms with E-state index in [0.717, 1.165) is 25.0 Å². The van der Waals surface area contributed by atoms with E-state index in [-0.39, 0.29) is 0 Å². The molecule has 2 fully saturated rings. The minimum atomic E-state index is 0.771. The van der Waals surface area contributed by atoms with Crippen LogP contribution in [0.3, 0.4) is 0 Å². The van der Waals surface area contributed by atoms with Crippen LogP contribution in [0.15, 0.2) is 18.3 Å². The number of hydrogen-bond acceptors (Lipinski definition) is 3. The third-order valence-corrected chi connectivity index (χ3v) is 3.82. The number of nitrogens with one attached hydrogen (secondary N) is 1. The quantitative estimate of drug-likeness (QED) is 0.800. The van der Waals surface area contributed by atoms with Crippen LogP contribution in [0.1, 0.15) is 38.2 Å². The second kappa shape index (κ2) is 5.27. The van der Waals surface area contributed by atoms with Crippen LogP contribution in [0.25, 0.3) is 0 Å². The third kappa shape index (κ3) is 3.02. The molecule has 2 saturated carbocycles. The molecular weight excluding hydrogens is 222 g/mol. The summed E-state index contributed by atoms with van der Waals surface area (Å²) in [6, 6.07) is 5.16. The van der Waals surface area contributed by atoms with Gasteiger partial charge in [0.1, 0.15) is 5.82 Å². The van der Waals surface area contributed by atoms with Crippen LogP contribution in [0.5, 0.6) is 0 Å². The van der Waals surface area contributed by atoms with Crippen molar-refractivity contribution >= 4 is 5.82 Å². The maximum atomic E-state index is 4.59. The first kappa shape index (κ1) is 12.0. The SMILES string of the molecule is CCNCc1ccnc(N(CC2CC2)C2CC2)c1. The molecule has 3 rings (SSSR count). The van der Waals surface area contributed by atoms with E-state index in [9.17, 15) is 0 Å². The van der Waals surface area contributed by atoms with Crippen LogP contribution < -0.4 is 10.2 Å². The first-order valence-corrected chi connectivity index (χ1v) is 7.29. The highest BCUT2D eigenvalue weighted by atomic mass is 15.2. The van der Waals surface area contributed by atoms with Crippen LogP contribution in [0.4, 0.5) is 5.82 Å². The Balaban J connectivity index is 1.71. The van der Waals surface area contributed by atoms with Gasteiger partial charge in [-0.25, -0.2) is 4.98 Å². The van der Waals surface area contributed by atoms with Crippen molar-refractivity contribution in [2.75, 3.05) is 18.0 Å². The maximum Gasteiger partial charge on any atom is 0.129 e. The largest absolute Gasteiger partial charge is 0.353 e. The van der Waals surface area contributed by atoms with Gasteiger partial charge in [0.2, 0.25) is 0 Å². The second-order valence-corrected chi connectivity index (χ2v) is 5.63. The van der Waals surface area contributed by atoms with Gasteiger partial charge >= 0.3 is 0 Å². The highest BCUT2D eigenvalue weighted by Crippen LogP contribution is 2.37. The van der Waals surface area contributed by atoms with Gasteiger partial charge in [0.25, 0.3) is 0 Å². The van der Waals surface area contributed by atoms with E-state index in [4.69, 9.17) is 0 Å². The van der Waals surface area contributed by atoms with Crippen molar-refractivity contribution in [3.63, 3.8) is 0 Å². The lowest BCUT2D eigenvalue weighted by Crippen LogP contribution is -2.29. The molecule has 0 radical (unpaired) electrons. The first-order valence-electron chi connectivity index (χ1n) is 7.29. The summed E-state index contributed by atoms with van der Waals surface area (Å²) in [5.74, 6) is 2.13. The van der Waals surface area contributed by atoms with Crippen molar-refractivity contribution in [2.45, 2.75) is 45.2 Å².